The summed E-state index contributed by atoms with van der Waals surface area (Å²) in [5, 5.41) is 6.64. The van der Waals surface area contributed by atoms with E-state index in [1.165, 1.54) is 6.92 Å². The molecule has 0 saturated carbocycles. The van der Waals surface area contributed by atoms with Crippen molar-refractivity contribution in [2.75, 3.05) is 18.4 Å². The third-order valence-electron chi connectivity index (χ3n) is 6.64. The lowest BCUT2D eigenvalue weighted by atomic mass is 9.98. The van der Waals surface area contributed by atoms with Crippen LogP contribution < -0.4 is 10.6 Å². The number of imidazole rings is 1. The Labute approximate surface area is 216 Å². The molecule has 0 bridgehead atoms. The van der Waals surface area contributed by atoms with Gasteiger partial charge in [-0.2, -0.15) is 13.2 Å². The molecule has 2 aromatic heterocycles. The number of anilines is 1. The number of nitrogens with zero attached hydrogens (tertiary/aromatic N) is 3. The highest BCUT2D eigenvalue weighted by atomic mass is 35.5. The van der Waals surface area contributed by atoms with E-state index < -0.39 is 17.8 Å². The number of aromatic nitrogens is 3. The second kappa shape index (κ2) is 10.1. The van der Waals surface area contributed by atoms with Crippen LogP contribution in [0.1, 0.15) is 34.6 Å². The minimum atomic E-state index is -4.58. The average molecular weight is 528 g/mol. The van der Waals surface area contributed by atoms with E-state index in [1.54, 1.807) is 18.2 Å². The number of para-hydroxylation sites is 2. The third kappa shape index (κ3) is 5.33. The van der Waals surface area contributed by atoms with Crippen molar-refractivity contribution in [3.8, 4) is 11.4 Å². The van der Waals surface area contributed by atoms with Crippen LogP contribution in [0.4, 0.5) is 18.9 Å². The fourth-order valence-electron chi connectivity index (χ4n) is 4.72. The number of nitrogens with one attached hydrogen (secondary N) is 2. The van der Waals surface area contributed by atoms with Crippen molar-refractivity contribution < 1.29 is 18.0 Å². The number of rotatable bonds is 5. The van der Waals surface area contributed by atoms with Crippen LogP contribution in [-0.2, 0) is 12.7 Å². The molecular weight excluding hydrogens is 503 g/mol. The monoisotopic (exact) mass is 527 g/mol. The molecule has 0 aliphatic carbocycles. The zero-order valence-corrected chi connectivity index (χ0v) is 20.8. The fraction of sp³-hybridized carbons (Fsp3) is 0.296. The Kier molecular flexibility index (Phi) is 6.92. The smallest absolute Gasteiger partial charge is 0.324 e. The van der Waals surface area contributed by atoms with Crippen molar-refractivity contribution in [1.29, 1.82) is 0 Å². The standard InChI is InChI=1S/C27H25ClF3N5O/c1-16-19(7-9-24(33-16)27(29,30)31)26(37)34-18-6-8-21(28)20(14-18)25-35-22-4-2-3-5-23(22)36(25)15-17-10-12-32-13-11-17/h2-9,14,17,32H,10-13,15H2,1H3,(H,34,37). The molecule has 37 heavy (non-hydrogen) atoms. The highest BCUT2D eigenvalue weighted by molar-refractivity contribution is 6.33. The Hall–Kier alpha value is -3.43. The van der Waals surface area contributed by atoms with E-state index in [9.17, 15) is 18.0 Å². The van der Waals surface area contributed by atoms with Gasteiger partial charge in [-0.05, 0) is 81.2 Å². The Bertz CT molecular complexity index is 1460. The molecule has 5 rings (SSSR count). The lowest BCUT2D eigenvalue weighted by Crippen LogP contribution is -2.30. The van der Waals surface area contributed by atoms with E-state index in [1.807, 2.05) is 24.3 Å². The Balaban J connectivity index is 1.47. The molecule has 4 aromatic rings. The molecule has 1 aliphatic rings. The van der Waals surface area contributed by atoms with Gasteiger partial charge in [-0.25, -0.2) is 9.97 Å². The Morgan fingerprint density at radius 1 is 1.11 bits per heavy atom. The van der Waals surface area contributed by atoms with E-state index >= 15 is 0 Å². The average Bonchev–Trinajstić information content (AvgIpc) is 3.23. The minimum absolute atomic E-state index is 0.00900. The van der Waals surface area contributed by atoms with Gasteiger partial charge in [0.05, 0.1) is 27.3 Å². The van der Waals surface area contributed by atoms with Crippen molar-refractivity contribution in [2.45, 2.75) is 32.5 Å². The molecule has 1 amide bonds. The van der Waals surface area contributed by atoms with Crippen LogP contribution in [0.3, 0.4) is 0 Å². The van der Waals surface area contributed by atoms with Crippen LogP contribution in [0.15, 0.2) is 54.6 Å². The van der Waals surface area contributed by atoms with Crippen molar-refractivity contribution in [1.82, 2.24) is 19.9 Å². The quantitative estimate of drug-likeness (QED) is 0.318. The summed E-state index contributed by atoms with van der Waals surface area (Å²) in [7, 11) is 0. The molecule has 1 aliphatic heterocycles. The molecular formula is C27H25ClF3N5O. The van der Waals surface area contributed by atoms with Gasteiger partial charge in [0.25, 0.3) is 5.91 Å². The van der Waals surface area contributed by atoms with Gasteiger partial charge in [0.15, 0.2) is 0 Å². The molecule has 1 fully saturated rings. The number of hydrogen-bond donors (Lipinski definition) is 2. The minimum Gasteiger partial charge on any atom is -0.324 e. The molecule has 0 atom stereocenters. The van der Waals surface area contributed by atoms with Gasteiger partial charge >= 0.3 is 6.18 Å². The summed E-state index contributed by atoms with van der Waals surface area (Å²) in [6.45, 7) is 4.13. The summed E-state index contributed by atoms with van der Waals surface area (Å²) in [6.07, 6.45) is -2.45. The molecule has 2 N–H and O–H groups in total. The first-order valence-electron chi connectivity index (χ1n) is 12.0. The van der Waals surface area contributed by atoms with E-state index in [0.717, 1.165) is 55.6 Å². The van der Waals surface area contributed by atoms with Crippen LogP contribution in [-0.4, -0.2) is 33.5 Å². The predicted octanol–water partition coefficient (Wildman–Crippen LogP) is 6.33. The zero-order chi connectivity index (χ0) is 26.2. The molecule has 10 heteroatoms. The van der Waals surface area contributed by atoms with Gasteiger partial charge < -0.3 is 15.2 Å². The van der Waals surface area contributed by atoms with Crippen molar-refractivity contribution in [3.63, 3.8) is 0 Å². The summed E-state index contributed by atoms with van der Waals surface area (Å²) in [5.41, 5.74) is 1.98. The van der Waals surface area contributed by atoms with Crippen LogP contribution >= 0.6 is 11.6 Å². The number of hydrogen-bond acceptors (Lipinski definition) is 4. The van der Waals surface area contributed by atoms with E-state index in [-0.39, 0.29) is 11.3 Å². The lowest BCUT2D eigenvalue weighted by Gasteiger charge is -2.24. The maximum absolute atomic E-state index is 13.0. The number of carbonyl (C=O) groups excluding carboxylic acids is 1. The molecule has 6 nitrogen and oxygen atoms in total. The van der Waals surface area contributed by atoms with Crippen molar-refractivity contribution in [2.24, 2.45) is 5.92 Å². The van der Waals surface area contributed by atoms with E-state index in [4.69, 9.17) is 16.6 Å². The SMILES string of the molecule is Cc1nc(C(F)(F)F)ccc1C(=O)Nc1ccc(Cl)c(-c2nc3ccccc3n2CC2CCNCC2)c1. The lowest BCUT2D eigenvalue weighted by molar-refractivity contribution is -0.141. The summed E-state index contributed by atoms with van der Waals surface area (Å²) < 4.78 is 41.1. The molecule has 2 aromatic carbocycles. The molecule has 1 saturated heterocycles. The largest absolute Gasteiger partial charge is 0.433 e. The number of pyridine rings is 1. The van der Waals surface area contributed by atoms with Gasteiger partial charge in [-0.3, -0.25) is 4.79 Å². The van der Waals surface area contributed by atoms with Gasteiger partial charge in [0, 0.05) is 17.8 Å². The first kappa shape index (κ1) is 25.2. The fourth-order valence-corrected chi connectivity index (χ4v) is 4.92. The van der Waals surface area contributed by atoms with Gasteiger partial charge in [0.2, 0.25) is 0 Å². The normalized spacial score (nSPS) is 14.7. The maximum Gasteiger partial charge on any atom is 0.433 e. The molecule has 0 unspecified atom stereocenters. The molecule has 0 spiro atoms. The number of piperidine rings is 1. The van der Waals surface area contributed by atoms with E-state index in [2.05, 4.69) is 20.2 Å². The topological polar surface area (TPSA) is 71.8 Å². The highest BCUT2D eigenvalue weighted by Gasteiger charge is 2.33. The van der Waals surface area contributed by atoms with Crippen LogP contribution in [0, 0.1) is 12.8 Å². The maximum atomic E-state index is 13.0. The van der Waals surface area contributed by atoms with Crippen molar-refractivity contribution in [3.05, 3.63) is 76.6 Å². The highest BCUT2D eigenvalue weighted by Crippen LogP contribution is 2.34. The summed E-state index contributed by atoms with van der Waals surface area (Å²) in [6, 6.07) is 14.9. The van der Waals surface area contributed by atoms with Gasteiger partial charge in [-0.1, -0.05) is 23.7 Å². The third-order valence-corrected chi connectivity index (χ3v) is 6.97. The molecule has 0 radical (unpaired) electrons. The summed E-state index contributed by atoms with van der Waals surface area (Å²) in [5.74, 6) is 0.637. The number of carbonyl (C=O) groups is 1. The second-order valence-electron chi connectivity index (χ2n) is 9.20. The zero-order valence-electron chi connectivity index (χ0n) is 20.1. The summed E-state index contributed by atoms with van der Waals surface area (Å²) >= 11 is 6.62. The van der Waals surface area contributed by atoms with Crippen LogP contribution in [0.5, 0.6) is 0 Å². The number of fused-ring (bicyclic) bond motifs is 1. The van der Waals surface area contributed by atoms with Crippen LogP contribution in [0.2, 0.25) is 5.02 Å². The Morgan fingerprint density at radius 2 is 1.86 bits per heavy atom. The second-order valence-corrected chi connectivity index (χ2v) is 9.61. The van der Waals surface area contributed by atoms with Crippen molar-refractivity contribution >= 4 is 34.2 Å². The van der Waals surface area contributed by atoms with E-state index in [0.29, 0.717) is 28.0 Å². The predicted molar refractivity (Wildman–Crippen MR) is 138 cm³/mol. The first-order valence-corrected chi connectivity index (χ1v) is 12.4. The summed E-state index contributed by atoms with van der Waals surface area (Å²) in [4.78, 5) is 21.3. The number of amides is 1. The number of halogens is 4. The van der Waals surface area contributed by atoms with Gasteiger partial charge in [0.1, 0.15) is 11.5 Å². The number of alkyl halides is 3. The number of aryl methyl sites for hydroxylation is 1. The molecule has 3 heterocycles. The molecule has 192 valence electrons. The van der Waals surface area contributed by atoms with Gasteiger partial charge in [-0.15, -0.1) is 0 Å². The Morgan fingerprint density at radius 3 is 2.59 bits per heavy atom. The number of benzene rings is 2. The van der Waals surface area contributed by atoms with Crippen LogP contribution in [0.25, 0.3) is 22.4 Å². The first-order chi connectivity index (χ1) is 17.7.